The van der Waals surface area contributed by atoms with Crippen LogP contribution in [0.25, 0.3) is 0 Å². The molecule has 2 aromatic rings. The Morgan fingerprint density at radius 2 is 1.49 bits per heavy atom. The second-order valence-corrected chi connectivity index (χ2v) is 30.3. The molecule has 26 nitrogen and oxygen atoms in total. The summed E-state index contributed by atoms with van der Waals surface area (Å²) in [6.45, 7) is 19.9. The van der Waals surface area contributed by atoms with E-state index in [4.69, 9.17) is 39.9 Å². The van der Waals surface area contributed by atoms with Crippen LogP contribution in [0.3, 0.4) is 0 Å². The number of aliphatic hydroxyl groups is 1. The average Bonchev–Trinajstić information content (AvgIpc) is 0.675. The van der Waals surface area contributed by atoms with E-state index in [0.717, 1.165) is 0 Å². The van der Waals surface area contributed by atoms with Gasteiger partial charge in [0.1, 0.15) is 48.0 Å². The van der Waals surface area contributed by atoms with Gasteiger partial charge in [-0.2, -0.15) is 0 Å². The molecule has 3 aliphatic carbocycles. The maximum atomic E-state index is 15.6. The molecule has 2 aromatic carbocycles. The van der Waals surface area contributed by atoms with Crippen LogP contribution in [0.4, 0.5) is 9.59 Å². The highest BCUT2D eigenvalue weighted by Crippen LogP contribution is 2.67. The number of ether oxygens (including phenoxy) is 6. The molecule has 28 heteroatoms. The van der Waals surface area contributed by atoms with Gasteiger partial charge in [0.05, 0.1) is 36.4 Å². The topological polar surface area (TPSA) is 369 Å². The van der Waals surface area contributed by atoms with E-state index in [1.807, 2.05) is 34.6 Å². The molecule has 2 bridgehead atoms. The molecule has 11 N–H and O–H groups in total. The van der Waals surface area contributed by atoms with Crippen LogP contribution in [0.2, 0.25) is 0 Å². The summed E-state index contributed by atoms with van der Waals surface area (Å²) in [5, 5.41) is 29.8. The van der Waals surface area contributed by atoms with Gasteiger partial charge in [-0.3, -0.25) is 33.8 Å². The highest BCUT2D eigenvalue weighted by Gasteiger charge is 2.73. The first-order valence-electron chi connectivity index (χ1n) is 32.9. The zero-order chi connectivity index (χ0) is 70.7. The third-order valence-corrected chi connectivity index (χ3v) is 22.1. The number of nitrogens with one attached hydrogen (secondary N) is 6. The number of carbonyl (C=O) groups is 9. The molecule has 0 aromatic heterocycles. The molecule has 2 heterocycles. The van der Waals surface area contributed by atoms with Crippen LogP contribution in [-0.4, -0.2) is 194 Å². The number of nitrogens with two attached hydrogens (primary N) is 2. The molecule has 1 unspecified atom stereocenters. The van der Waals surface area contributed by atoms with Crippen LogP contribution in [0.1, 0.15) is 132 Å². The summed E-state index contributed by atoms with van der Waals surface area (Å²) in [4.78, 5) is 135. The van der Waals surface area contributed by atoms with Crippen LogP contribution in [-0.2, 0) is 68.4 Å². The highest BCUT2D eigenvalue weighted by atomic mass is 33.1. The van der Waals surface area contributed by atoms with Gasteiger partial charge >= 0.3 is 18.2 Å². The lowest BCUT2D eigenvalue weighted by Gasteiger charge is -2.69. The SMILES string of the molecule is CCCCN(CCSSC[C@@H]1NC(=O)[C@@H](Cc2ccccc2)NC(=O)[C@H](C)NC(=O)CNC(=O)[C@H](CCCN=C(N)N)NC1=O)C(=O)O[C@@H](C(=O)OC1C[C@@]2(O)[C@@H](C)[C@@H]3[C@]4(C)CO[C@@H]4C[C@H](OC)[C@@]3(C)C(=O)[C@H](OC)C(=C1C)C2(C)C)[C@@H](NC(=O)OC(C)(C)C)c1ccccc1. The molecular formula is C68H100N10O16S2. The van der Waals surface area contributed by atoms with Crippen molar-refractivity contribution >= 4 is 81.0 Å². The Bertz CT molecular complexity index is 3190. The number of methoxy groups -OCH3 is 2. The van der Waals surface area contributed by atoms with Crippen molar-refractivity contribution in [3.63, 3.8) is 0 Å². The Kier molecular flexibility index (Phi) is 25.9. The van der Waals surface area contributed by atoms with Crippen LogP contribution in [0, 0.1) is 28.1 Å². The molecular weight excluding hydrogens is 1280 g/mol. The van der Waals surface area contributed by atoms with Crippen molar-refractivity contribution < 1.29 is 76.7 Å². The largest absolute Gasteiger partial charge is 0.455 e. The van der Waals surface area contributed by atoms with Crippen LogP contribution in [0.15, 0.2) is 76.8 Å². The van der Waals surface area contributed by atoms with Gasteiger partial charge in [0.2, 0.25) is 35.6 Å². The molecule has 15 atom stereocenters. The second-order valence-electron chi connectivity index (χ2n) is 27.7. The van der Waals surface area contributed by atoms with E-state index in [-0.39, 0.29) is 74.7 Å². The lowest BCUT2D eigenvalue weighted by atomic mass is 9.40. The van der Waals surface area contributed by atoms with E-state index in [2.05, 4.69) is 43.8 Å². The predicted octanol–water partition coefficient (Wildman–Crippen LogP) is 4.70. The molecule has 4 fully saturated rings. The maximum Gasteiger partial charge on any atom is 0.410 e. The number of Topliss-reactive ketones (excluding diaryl/α,β-unsaturated/α-hetero) is 1. The quantitative estimate of drug-likeness (QED) is 0.0138. The summed E-state index contributed by atoms with van der Waals surface area (Å²) in [6.07, 6.45) is -5.33. The molecule has 0 radical (unpaired) electrons. The number of guanidine groups is 1. The number of esters is 1. The zero-order valence-corrected chi connectivity index (χ0v) is 59.2. The van der Waals surface area contributed by atoms with E-state index < -0.39 is 148 Å². The highest BCUT2D eigenvalue weighted by molar-refractivity contribution is 8.76. The minimum absolute atomic E-state index is 0.0106. The van der Waals surface area contributed by atoms with E-state index in [1.54, 1.807) is 95.5 Å². The van der Waals surface area contributed by atoms with Gasteiger partial charge in [0.15, 0.2) is 11.7 Å². The lowest BCUT2D eigenvalue weighted by Crippen LogP contribution is -2.75. The molecule has 5 aliphatic rings. The van der Waals surface area contributed by atoms with Gasteiger partial charge in [0.25, 0.3) is 0 Å². The van der Waals surface area contributed by atoms with E-state index in [0.29, 0.717) is 48.1 Å². The zero-order valence-electron chi connectivity index (χ0n) is 57.5. The summed E-state index contributed by atoms with van der Waals surface area (Å²) in [5.41, 5.74) is 7.47. The van der Waals surface area contributed by atoms with E-state index >= 15 is 14.4 Å². The third kappa shape index (κ3) is 17.5. The number of unbranched alkanes of at least 4 members (excludes halogenated alkanes) is 1. The summed E-state index contributed by atoms with van der Waals surface area (Å²) in [7, 11) is 5.43. The minimum atomic E-state index is -1.91. The fourth-order valence-electron chi connectivity index (χ4n) is 14.6. The van der Waals surface area contributed by atoms with Gasteiger partial charge in [-0.05, 0) is 94.9 Å². The third-order valence-electron chi connectivity index (χ3n) is 19.7. The van der Waals surface area contributed by atoms with E-state index in [9.17, 15) is 33.9 Å². The number of rotatable bonds is 23. The smallest absolute Gasteiger partial charge is 0.410 e. The number of benzene rings is 2. The van der Waals surface area contributed by atoms with Gasteiger partial charge < -0.3 is 81.8 Å². The Hall–Kier alpha value is -6.98. The minimum Gasteiger partial charge on any atom is -0.455 e. The molecule has 7 amide bonds. The number of hydrogen-bond donors (Lipinski definition) is 9. The average molecular weight is 1380 g/mol. The van der Waals surface area contributed by atoms with Crippen LogP contribution >= 0.6 is 21.6 Å². The number of ketones is 1. The number of carbonyl (C=O) groups excluding carboxylic acids is 9. The van der Waals surface area contributed by atoms with E-state index in [1.165, 1.54) is 40.5 Å². The first kappa shape index (κ1) is 76.4. The summed E-state index contributed by atoms with van der Waals surface area (Å²) in [5.74, 6) is -6.13. The fraction of sp³-hybridized carbons (Fsp3) is 0.647. The number of fused-ring (bicyclic) bond motifs is 5. The second kappa shape index (κ2) is 32.6. The monoisotopic (exact) mass is 1380 g/mol. The number of hydrogen-bond acceptors (Lipinski definition) is 19. The van der Waals surface area contributed by atoms with Crippen molar-refractivity contribution in [3.05, 3.63) is 82.9 Å². The first-order chi connectivity index (χ1) is 45.2. The Balaban J connectivity index is 1.18. The Morgan fingerprint density at radius 3 is 2.10 bits per heavy atom. The van der Waals surface area contributed by atoms with Gasteiger partial charge in [0, 0.05) is 75.5 Å². The standard InChI is InChI=1S/C68H100N10O16S2/c1-14-15-29-78(30-31-95-96-36-45-59(84)74-43(27-22-28-71-61(69)70)57(82)72-35-49(79)73-40(4)56(81)75-44(58(83)76-45)32-41-23-18-16-19-24-41)63(87)93-53(51(42-25-20-17-21-26-42)77-62(86)94-64(5,6)7)60(85)92-46-34-68(88)39(3)54-66(10)37-91-47(66)33-48(89-12)67(54,11)55(80)52(90-13)50(38(46)2)65(68,8)9/h16-21,23-26,39-40,43-48,51-54,88H,14-15,22,27-37H2,1-13H3,(H,72,82)(H,73,79)(H,74,84)(H,75,81)(H,76,83)(H,77,86)(H4,69,70,71)/t39-,40-,43-,44+,45-,46?,47+,48-,51-,52+,53+,54+,66+,67+,68+/m0/s1. The van der Waals surface area contributed by atoms with Crippen LogP contribution < -0.4 is 43.4 Å². The number of alkyl carbamates (subject to hydrolysis) is 1. The van der Waals surface area contributed by atoms with Gasteiger partial charge in [-0.15, -0.1) is 0 Å². The Labute approximate surface area is 570 Å². The van der Waals surface area contributed by atoms with Gasteiger partial charge in [-0.1, -0.05) is 123 Å². The number of amides is 7. The molecule has 2 saturated heterocycles. The van der Waals surface area contributed by atoms with Gasteiger partial charge in [-0.25, -0.2) is 14.4 Å². The molecule has 96 heavy (non-hydrogen) atoms. The van der Waals surface area contributed by atoms with Crippen molar-refractivity contribution in [2.24, 2.45) is 44.5 Å². The summed E-state index contributed by atoms with van der Waals surface area (Å²) < 4.78 is 37.3. The molecule has 0 spiro atoms. The predicted molar refractivity (Wildman–Crippen MR) is 362 cm³/mol. The summed E-state index contributed by atoms with van der Waals surface area (Å²) in [6, 6.07) is 11.0. The maximum absolute atomic E-state index is 15.6. The van der Waals surface area contributed by atoms with Crippen molar-refractivity contribution in [3.8, 4) is 0 Å². The lowest BCUT2D eigenvalue weighted by molar-refractivity contribution is -0.305. The normalized spacial score (nSPS) is 29.9. The molecule has 530 valence electrons. The van der Waals surface area contributed by atoms with Crippen molar-refractivity contribution in [1.82, 2.24) is 36.8 Å². The molecule has 7 rings (SSSR count). The number of nitrogens with zero attached hydrogens (tertiary/aromatic N) is 2. The fourth-order valence-corrected chi connectivity index (χ4v) is 16.8. The van der Waals surface area contributed by atoms with Crippen molar-refractivity contribution in [2.45, 2.75) is 193 Å². The molecule has 2 aliphatic heterocycles. The first-order valence-corrected chi connectivity index (χ1v) is 35.4. The van der Waals surface area contributed by atoms with Crippen molar-refractivity contribution in [2.75, 3.05) is 58.5 Å². The summed E-state index contributed by atoms with van der Waals surface area (Å²) >= 11 is 0. The molecule has 2 saturated carbocycles. The van der Waals surface area contributed by atoms with Crippen molar-refractivity contribution in [1.29, 1.82) is 0 Å². The Morgan fingerprint density at radius 1 is 0.844 bits per heavy atom. The number of aliphatic imine (C=N–C) groups is 1. The van der Waals surface area contributed by atoms with Crippen LogP contribution in [0.5, 0.6) is 0 Å².